The molecule has 0 radical (unpaired) electrons. The molecule has 1 aromatic carbocycles. The maximum absolute atomic E-state index is 12.6. The van der Waals surface area contributed by atoms with E-state index in [1.165, 1.54) is 10.5 Å². The zero-order valence-corrected chi connectivity index (χ0v) is 19.9. The van der Waals surface area contributed by atoms with Crippen LogP contribution in [0.2, 0.25) is 0 Å². The van der Waals surface area contributed by atoms with Gasteiger partial charge in [-0.05, 0) is 49.8 Å². The van der Waals surface area contributed by atoms with Gasteiger partial charge in [0.2, 0.25) is 0 Å². The number of benzene rings is 1. The molecule has 0 unspecified atom stereocenters. The number of anilines is 2. The summed E-state index contributed by atoms with van der Waals surface area (Å²) in [4.78, 5) is 33.3. The lowest BCUT2D eigenvalue weighted by molar-refractivity contribution is 0.0831. The Bertz CT molecular complexity index is 1110. The van der Waals surface area contributed by atoms with Crippen LogP contribution in [0.25, 0.3) is 0 Å². The molecule has 2 aromatic heterocycles. The van der Waals surface area contributed by atoms with E-state index in [1.54, 1.807) is 27.1 Å². The van der Waals surface area contributed by atoms with Gasteiger partial charge in [0.15, 0.2) is 16.6 Å². The number of thiazole rings is 1. The maximum Gasteiger partial charge on any atom is 0.277 e. The molecular weight excluding hydrogens is 436 g/mol. The molecule has 3 aromatic rings. The van der Waals surface area contributed by atoms with E-state index in [2.05, 4.69) is 55.7 Å². The number of nitrogens with one attached hydrogen (secondary N) is 1. The van der Waals surface area contributed by atoms with Gasteiger partial charge in [0.25, 0.3) is 11.8 Å². The van der Waals surface area contributed by atoms with Crippen molar-refractivity contribution < 1.29 is 9.59 Å². The van der Waals surface area contributed by atoms with Crippen molar-refractivity contribution in [1.29, 1.82) is 0 Å². The van der Waals surface area contributed by atoms with Crippen LogP contribution >= 0.6 is 11.3 Å². The molecule has 3 heterocycles. The minimum atomic E-state index is -0.395. The average Bonchev–Trinajstić information content (AvgIpc) is 3.19. The molecule has 0 bridgehead atoms. The number of carbonyl (C=O) groups is 2. The van der Waals surface area contributed by atoms with Gasteiger partial charge in [0, 0.05) is 27.2 Å². The SMILES string of the molecule is Cc1nc(NC(=O)c2ccc(N3CCC(Cc4ccccc4)CC3)nn2)sc1C(=O)N(C)C. The second-order valence-electron chi connectivity index (χ2n) is 8.48. The van der Waals surface area contributed by atoms with Gasteiger partial charge in [-0.2, -0.15) is 0 Å². The topological polar surface area (TPSA) is 91.3 Å². The minimum Gasteiger partial charge on any atom is -0.355 e. The van der Waals surface area contributed by atoms with Crippen molar-refractivity contribution in [1.82, 2.24) is 20.1 Å². The van der Waals surface area contributed by atoms with Crippen molar-refractivity contribution in [2.45, 2.75) is 26.2 Å². The lowest BCUT2D eigenvalue weighted by Crippen LogP contribution is -2.35. The quantitative estimate of drug-likeness (QED) is 0.599. The summed E-state index contributed by atoms with van der Waals surface area (Å²) < 4.78 is 0. The Hall–Kier alpha value is -3.33. The highest BCUT2D eigenvalue weighted by molar-refractivity contribution is 7.17. The van der Waals surface area contributed by atoms with E-state index in [1.807, 2.05) is 6.07 Å². The number of hydrogen-bond acceptors (Lipinski definition) is 7. The van der Waals surface area contributed by atoms with Gasteiger partial charge in [-0.3, -0.25) is 14.9 Å². The first-order valence-corrected chi connectivity index (χ1v) is 11.9. The molecule has 8 nitrogen and oxygen atoms in total. The number of hydrogen-bond donors (Lipinski definition) is 1. The minimum absolute atomic E-state index is 0.137. The number of aromatic nitrogens is 3. The van der Waals surface area contributed by atoms with Crippen molar-refractivity contribution in [3.8, 4) is 0 Å². The molecule has 4 rings (SSSR count). The maximum atomic E-state index is 12.6. The van der Waals surface area contributed by atoms with Crippen LogP contribution in [0, 0.1) is 12.8 Å². The Balaban J connectivity index is 1.32. The van der Waals surface area contributed by atoms with Crippen LogP contribution in [-0.4, -0.2) is 59.1 Å². The van der Waals surface area contributed by atoms with E-state index in [-0.39, 0.29) is 11.6 Å². The van der Waals surface area contributed by atoms with Crippen LogP contribution < -0.4 is 10.2 Å². The van der Waals surface area contributed by atoms with Crippen LogP contribution in [0.5, 0.6) is 0 Å². The van der Waals surface area contributed by atoms with Gasteiger partial charge in [0.1, 0.15) is 4.88 Å². The highest BCUT2D eigenvalue weighted by Gasteiger charge is 2.22. The molecule has 0 aliphatic carbocycles. The van der Waals surface area contributed by atoms with Crippen molar-refractivity contribution >= 4 is 34.1 Å². The Kier molecular flexibility index (Phi) is 6.98. The lowest BCUT2D eigenvalue weighted by atomic mass is 9.90. The highest BCUT2D eigenvalue weighted by Crippen LogP contribution is 2.26. The molecule has 0 saturated carbocycles. The molecule has 2 amide bonds. The molecule has 0 atom stereocenters. The summed E-state index contributed by atoms with van der Waals surface area (Å²) in [7, 11) is 3.37. The van der Waals surface area contributed by atoms with Gasteiger partial charge >= 0.3 is 0 Å². The zero-order valence-electron chi connectivity index (χ0n) is 19.1. The fraction of sp³-hybridized carbons (Fsp3) is 0.375. The normalized spacial score (nSPS) is 14.2. The third-order valence-electron chi connectivity index (χ3n) is 5.81. The van der Waals surface area contributed by atoms with Crippen LogP contribution in [0.3, 0.4) is 0 Å². The fourth-order valence-corrected chi connectivity index (χ4v) is 4.92. The van der Waals surface area contributed by atoms with Gasteiger partial charge < -0.3 is 9.80 Å². The summed E-state index contributed by atoms with van der Waals surface area (Å²) in [6.07, 6.45) is 3.32. The highest BCUT2D eigenvalue weighted by atomic mass is 32.1. The van der Waals surface area contributed by atoms with E-state index in [9.17, 15) is 9.59 Å². The van der Waals surface area contributed by atoms with Gasteiger partial charge in [-0.15, -0.1) is 10.2 Å². The molecule has 33 heavy (non-hydrogen) atoms. The second kappa shape index (κ2) is 10.1. The van der Waals surface area contributed by atoms with E-state index in [0.717, 1.165) is 49.5 Å². The van der Waals surface area contributed by atoms with Gasteiger partial charge in [-0.25, -0.2) is 4.98 Å². The number of rotatable bonds is 6. The lowest BCUT2D eigenvalue weighted by Gasteiger charge is -2.32. The van der Waals surface area contributed by atoms with Crippen LogP contribution in [0.15, 0.2) is 42.5 Å². The molecule has 0 spiro atoms. The van der Waals surface area contributed by atoms with Crippen molar-refractivity contribution in [2.75, 3.05) is 37.4 Å². The van der Waals surface area contributed by atoms with Crippen molar-refractivity contribution in [3.63, 3.8) is 0 Å². The predicted octanol–water partition coefficient (Wildman–Crippen LogP) is 3.65. The van der Waals surface area contributed by atoms with Gasteiger partial charge in [0.05, 0.1) is 5.69 Å². The second-order valence-corrected chi connectivity index (χ2v) is 9.48. The predicted molar refractivity (Wildman–Crippen MR) is 130 cm³/mol. The van der Waals surface area contributed by atoms with Crippen LogP contribution in [0.1, 0.15) is 44.3 Å². The van der Waals surface area contributed by atoms with E-state index < -0.39 is 5.91 Å². The van der Waals surface area contributed by atoms with E-state index in [4.69, 9.17) is 0 Å². The summed E-state index contributed by atoms with van der Waals surface area (Å²) in [6, 6.07) is 14.1. The summed E-state index contributed by atoms with van der Waals surface area (Å²) in [5.41, 5.74) is 2.19. The number of amides is 2. The fourth-order valence-electron chi connectivity index (χ4n) is 3.94. The molecular formula is C24H28N6O2S. The van der Waals surface area contributed by atoms with E-state index >= 15 is 0 Å². The molecule has 1 saturated heterocycles. The Morgan fingerprint density at radius 3 is 2.45 bits per heavy atom. The number of piperidine rings is 1. The Morgan fingerprint density at radius 2 is 1.82 bits per heavy atom. The van der Waals surface area contributed by atoms with Crippen molar-refractivity contribution in [3.05, 3.63) is 64.3 Å². The molecule has 1 aliphatic rings. The molecule has 1 fully saturated rings. The third-order valence-corrected chi connectivity index (χ3v) is 6.87. The standard InChI is InChI=1S/C24H28N6O2S/c1-16-21(23(32)29(2)3)33-24(25-16)26-22(31)19-9-10-20(28-27-19)30-13-11-18(12-14-30)15-17-7-5-4-6-8-17/h4-10,18H,11-15H2,1-3H3,(H,25,26,31). The number of aryl methyl sites for hydroxylation is 1. The Labute approximate surface area is 197 Å². The molecule has 1 N–H and O–H groups in total. The average molecular weight is 465 g/mol. The van der Waals surface area contributed by atoms with E-state index in [0.29, 0.717) is 21.6 Å². The molecule has 172 valence electrons. The van der Waals surface area contributed by atoms with Gasteiger partial charge in [-0.1, -0.05) is 41.7 Å². The molecule has 9 heteroatoms. The number of carbonyl (C=O) groups excluding carboxylic acids is 2. The largest absolute Gasteiger partial charge is 0.355 e. The van der Waals surface area contributed by atoms with Crippen molar-refractivity contribution in [2.24, 2.45) is 5.92 Å². The third kappa shape index (κ3) is 5.54. The smallest absolute Gasteiger partial charge is 0.277 e. The first-order valence-electron chi connectivity index (χ1n) is 11.0. The summed E-state index contributed by atoms with van der Waals surface area (Å²) in [5, 5.41) is 11.5. The van der Waals surface area contributed by atoms with Crippen LogP contribution in [0.4, 0.5) is 10.9 Å². The first kappa shape index (κ1) is 22.8. The summed E-state index contributed by atoms with van der Waals surface area (Å²) in [5.74, 6) is 0.928. The Morgan fingerprint density at radius 1 is 1.09 bits per heavy atom. The first-order chi connectivity index (χ1) is 15.9. The zero-order chi connectivity index (χ0) is 23.4. The monoisotopic (exact) mass is 464 g/mol. The summed E-state index contributed by atoms with van der Waals surface area (Å²) in [6.45, 7) is 3.61. The van der Waals surface area contributed by atoms with Crippen LogP contribution in [-0.2, 0) is 6.42 Å². The molecule has 1 aliphatic heterocycles. The summed E-state index contributed by atoms with van der Waals surface area (Å²) >= 11 is 1.15. The number of nitrogens with zero attached hydrogens (tertiary/aromatic N) is 5.